The van der Waals surface area contributed by atoms with E-state index >= 15 is 0 Å². The minimum atomic E-state index is -0.568. The van der Waals surface area contributed by atoms with Crippen LogP contribution >= 0.6 is 0 Å². The average Bonchev–Trinajstić information content (AvgIpc) is 2.80. The van der Waals surface area contributed by atoms with Crippen molar-refractivity contribution >= 4 is 17.5 Å². The molecule has 1 fully saturated rings. The van der Waals surface area contributed by atoms with E-state index in [2.05, 4.69) is 29.8 Å². The molecule has 3 rings (SSSR count). The molecule has 0 radical (unpaired) electrons. The van der Waals surface area contributed by atoms with Crippen molar-refractivity contribution in [2.24, 2.45) is 5.92 Å². The number of benzene rings is 2. The van der Waals surface area contributed by atoms with E-state index in [0.717, 1.165) is 42.7 Å². The van der Waals surface area contributed by atoms with Gasteiger partial charge in [-0.25, -0.2) is 0 Å². The molecule has 33 heavy (non-hydrogen) atoms. The third-order valence-corrected chi connectivity index (χ3v) is 6.14. The van der Waals surface area contributed by atoms with Crippen molar-refractivity contribution in [3.05, 3.63) is 59.7 Å². The summed E-state index contributed by atoms with van der Waals surface area (Å²) in [5.41, 5.74) is 2.60. The maximum Gasteiger partial charge on any atom is 0.251 e. The second-order valence-corrected chi connectivity index (χ2v) is 9.40. The van der Waals surface area contributed by atoms with Crippen LogP contribution in [0.25, 0.3) is 0 Å². The van der Waals surface area contributed by atoms with Crippen molar-refractivity contribution < 1.29 is 14.3 Å². The molecule has 3 N–H and O–H groups in total. The van der Waals surface area contributed by atoms with Gasteiger partial charge >= 0.3 is 0 Å². The molecule has 1 aliphatic rings. The minimum Gasteiger partial charge on any atom is -0.497 e. The molecule has 6 heteroatoms. The summed E-state index contributed by atoms with van der Waals surface area (Å²) in [6.07, 6.45) is 4.70. The summed E-state index contributed by atoms with van der Waals surface area (Å²) >= 11 is 0. The summed E-state index contributed by atoms with van der Waals surface area (Å²) in [6.45, 7) is 6.08. The summed E-state index contributed by atoms with van der Waals surface area (Å²) < 4.78 is 5.24. The first-order valence-electron chi connectivity index (χ1n) is 11.9. The van der Waals surface area contributed by atoms with Crippen LogP contribution in [0, 0.1) is 12.8 Å². The van der Waals surface area contributed by atoms with Gasteiger partial charge in [0.2, 0.25) is 5.91 Å². The number of amides is 2. The molecule has 0 heterocycles. The lowest BCUT2D eigenvalue weighted by molar-refractivity contribution is -0.124. The van der Waals surface area contributed by atoms with E-state index in [-0.39, 0.29) is 29.8 Å². The first-order chi connectivity index (χ1) is 15.9. The summed E-state index contributed by atoms with van der Waals surface area (Å²) in [6, 6.07) is 14.9. The van der Waals surface area contributed by atoms with Crippen LogP contribution in [0.5, 0.6) is 5.75 Å². The number of nitrogens with one attached hydrogen (secondary N) is 3. The molecule has 2 amide bonds. The van der Waals surface area contributed by atoms with Gasteiger partial charge in [-0.15, -0.1) is 0 Å². The standard InChI is InChI=1S/C27H37N3O3/c1-18(2)16-25(30-26(31)20-9-7-8-19(3)17-20)27(32)29-24-11-6-5-10-23(24)28-21-12-14-22(33-4)15-13-21/h7-9,12-15,17-18,23-25,28H,5-6,10-11,16H2,1-4H3,(H,29,32)(H,30,31)/t23?,24?,25-/m0/s1. The van der Waals surface area contributed by atoms with E-state index in [4.69, 9.17) is 4.74 Å². The first kappa shape index (κ1) is 24.6. The zero-order valence-electron chi connectivity index (χ0n) is 20.2. The van der Waals surface area contributed by atoms with E-state index in [9.17, 15) is 9.59 Å². The molecular formula is C27H37N3O3. The first-order valence-corrected chi connectivity index (χ1v) is 11.9. The molecule has 0 aliphatic heterocycles. The van der Waals surface area contributed by atoms with Crippen molar-refractivity contribution in [1.29, 1.82) is 0 Å². The molecule has 2 aromatic rings. The van der Waals surface area contributed by atoms with Crippen molar-refractivity contribution in [2.45, 2.75) is 71.0 Å². The van der Waals surface area contributed by atoms with Gasteiger partial charge in [0.25, 0.3) is 5.91 Å². The third-order valence-electron chi connectivity index (χ3n) is 6.14. The molecular weight excluding hydrogens is 414 g/mol. The number of rotatable bonds is 9. The van der Waals surface area contributed by atoms with Gasteiger partial charge in [0.1, 0.15) is 11.8 Å². The molecule has 178 valence electrons. The Morgan fingerprint density at radius 2 is 1.73 bits per heavy atom. The highest BCUT2D eigenvalue weighted by atomic mass is 16.5. The van der Waals surface area contributed by atoms with Crippen molar-refractivity contribution in [2.75, 3.05) is 12.4 Å². The highest BCUT2D eigenvalue weighted by Crippen LogP contribution is 2.24. The van der Waals surface area contributed by atoms with Gasteiger partial charge in [0, 0.05) is 23.3 Å². The Morgan fingerprint density at radius 1 is 1.03 bits per heavy atom. The fourth-order valence-electron chi connectivity index (χ4n) is 4.39. The predicted octanol–water partition coefficient (Wildman–Crippen LogP) is 4.69. The second kappa shape index (κ2) is 11.7. The topological polar surface area (TPSA) is 79.5 Å². The molecule has 0 bridgehead atoms. The summed E-state index contributed by atoms with van der Waals surface area (Å²) in [4.78, 5) is 26.1. The van der Waals surface area contributed by atoms with Crippen LogP contribution in [-0.4, -0.2) is 37.0 Å². The lowest BCUT2D eigenvalue weighted by Crippen LogP contribution is -2.55. The maximum atomic E-state index is 13.3. The van der Waals surface area contributed by atoms with Gasteiger partial charge < -0.3 is 20.7 Å². The number of carbonyl (C=O) groups is 2. The second-order valence-electron chi connectivity index (χ2n) is 9.40. The highest BCUT2D eigenvalue weighted by Gasteiger charge is 2.30. The molecule has 3 atom stereocenters. The van der Waals surface area contributed by atoms with Gasteiger partial charge in [-0.1, -0.05) is 44.4 Å². The van der Waals surface area contributed by atoms with Crippen molar-refractivity contribution in [3.63, 3.8) is 0 Å². The van der Waals surface area contributed by atoms with Gasteiger partial charge in [-0.3, -0.25) is 9.59 Å². The van der Waals surface area contributed by atoms with Crippen molar-refractivity contribution in [3.8, 4) is 5.75 Å². The summed E-state index contributed by atoms with van der Waals surface area (Å²) in [7, 11) is 1.65. The Labute approximate surface area is 197 Å². The molecule has 0 spiro atoms. The van der Waals surface area contributed by atoms with E-state index in [1.165, 1.54) is 0 Å². The number of methoxy groups -OCH3 is 1. The zero-order valence-corrected chi connectivity index (χ0v) is 20.2. The molecule has 1 saturated carbocycles. The van der Waals surface area contributed by atoms with Gasteiger partial charge in [0.05, 0.1) is 7.11 Å². The lowest BCUT2D eigenvalue weighted by Gasteiger charge is -2.34. The maximum absolute atomic E-state index is 13.3. The van der Waals surface area contributed by atoms with Gasteiger partial charge in [-0.05, 0) is 68.5 Å². The Morgan fingerprint density at radius 3 is 2.36 bits per heavy atom. The molecule has 6 nitrogen and oxygen atoms in total. The minimum absolute atomic E-state index is 0.0129. The lowest BCUT2D eigenvalue weighted by atomic mass is 9.89. The van der Waals surface area contributed by atoms with Crippen LogP contribution in [0.2, 0.25) is 0 Å². The quantitative estimate of drug-likeness (QED) is 0.517. The van der Waals surface area contributed by atoms with Gasteiger partial charge in [-0.2, -0.15) is 0 Å². The Balaban J connectivity index is 1.67. The number of hydrogen-bond acceptors (Lipinski definition) is 4. The largest absolute Gasteiger partial charge is 0.497 e. The fourth-order valence-corrected chi connectivity index (χ4v) is 4.39. The van der Waals surface area contributed by atoms with E-state index < -0.39 is 6.04 Å². The fraction of sp³-hybridized carbons (Fsp3) is 0.481. The monoisotopic (exact) mass is 451 g/mol. The predicted molar refractivity (Wildman–Crippen MR) is 133 cm³/mol. The summed E-state index contributed by atoms with van der Waals surface area (Å²) in [5, 5.41) is 9.80. The number of ether oxygens (including phenoxy) is 1. The smallest absolute Gasteiger partial charge is 0.251 e. The zero-order chi connectivity index (χ0) is 23.8. The number of hydrogen-bond donors (Lipinski definition) is 3. The van der Waals surface area contributed by atoms with Crippen LogP contribution in [0.4, 0.5) is 5.69 Å². The normalized spacial score (nSPS) is 18.9. The molecule has 2 aromatic carbocycles. The Kier molecular flexibility index (Phi) is 8.75. The number of aryl methyl sites for hydroxylation is 1. The van der Waals surface area contributed by atoms with Crippen LogP contribution < -0.4 is 20.7 Å². The molecule has 0 aromatic heterocycles. The van der Waals surface area contributed by atoms with E-state index in [0.29, 0.717) is 12.0 Å². The van der Waals surface area contributed by atoms with E-state index in [1.54, 1.807) is 13.2 Å². The number of carbonyl (C=O) groups excluding carboxylic acids is 2. The van der Waals surface area contributed by atoms with Crippen LogP contribution in [0.15, 0.2) is 48.5 Å². The van der Waals surface area contributed by atoms with Crippen molar-refractivity contribution in [1.82, 2.24) is 10.6 Å². The SMILES string of the molecule is COc1ccc(NC2CCCCC2NC(=O)[C@H](CC(C)C)NC(=O)c2cccc(C)c2)cc1. The molecule has 1 aliphatic carbocycles. The molecule has 2 unspecified atom stereocenters. The van der Waals surface area contributed by atoms with Crippen LogP contribution in [0.3, 0.4) is 0 Å². The van der Waals surface area contributed by atoms with E-state index in [1.807, 2.05) is 49.4 Å². The molecule has 0 saturated heterocycles. The Hall–Kier alpha value is -3.02. The number of anilines is 1. The third kappa shape index (κ3) is 7.24. The highest BCUT2D eigenvalue weighted by molar-refractivity contribution is 5.97. The van der Waals surface area contributed by atoms with Crippen LogP contribution in [-0.2, 0) is 4.79 Å². The summed E-state index contributed by atoms with van der Waals surface area (Å²) in [5.74, 6) is 0.766. The van der Waals surface area contributed by atoms with Gasteiger partial charge in [0.15, 0.2) is 0 Å². The van der Waals surface area contributed by atoms with Crippen LogP contribution in [0.1, 0.15) is 61.9 Å². The average molecular weight is 452 g/mol. The Bertz CT molecular complexity index is 926.